The van der Waals surface area contributed by atoms with E-state index in [0.29, 0.717) is 33.2 Å². The Labute approximate surface area is 152 Å². The number of rotatable bonds is 6. The minimum Gasteiger partial charge on any atom is -0.493 e. The predicted octanol–water partition coefficient (Wildman–Crippen LogP) is 5.73. The van der Waals surface area contributed by atoms with Crippen LogP contribution >= 0.6 is 11.6 Å². The lowest BCUT2D eigenvalue weighted by Crippen LogP contribution is -2.11. The van der Waals surface area contributed by atoms with Crippen LogP contribution in [0.15, 0.2) is 36.4 Å². The van der Waals surface area contributed by atoms with Gasteiger partial charge in [-0.2, -0.15) is 5.26 Å². The molecule has 0 unspecified atom stereocenters. The summed E-state index contributed by atoms with van der Waals surface area (Å²) < 4.78 is 24.3. The van der Waals surface area contributed by atoms with E-state index in [1.165, 1.54) is 19.2 Å². The van der Waals surface area contributed by atoms with Crippen molar-refractivity contribution in [3.8, 4) is 17.6 Å². The molecule has 0 aliphatic rings. The standard InChI is InChI=1S/C20H19ClFNO2/c1-4-13(2)25-20-18(21)10-14(11-19(20)24-3)9-16(12-23)15-5-7-17(22)8-6-15/h5-11,13H,4H2,1-3H3/b16-9+/t13-/m1/s1. The molecular formula is C20H19ClFNO2. The van der Waals surface area contributed by atoms with Gasteiger partial charge in [-0.3, -0.25) is 0 Å². The normalized spacial score (nSPS) is 12.4. The molecule has 0 N–H and O–H groups in total. The number of nitriles is 1. The lowest BCUT2D eigenvalue weighted by Gasteiger charge is -2.17. The maximum atomic E-state index is 13.1. The number of ether oxygens (including phenoxy) is 2. The van der Waals surface area contributed by atoms with E-state index in [1.807, 2.05) is 13.8 Å². The molecule has 2 aromatic rings. The highest BCUT2D eigenvalue weighted by Gasteiger charge is 2.14. The lowest BCUT2D eigenvalue weighted by atomic mass is 10.0. The summed E-state index contributed by atoms with van der Waals surface area (Å²) in [5.41, 5.74) is 1.71. The van der Waals surface area contributed by atoms with Crippen molar-refractivity contribution < 1.29 is 13.9 Å². The second-order valence-electron chi connectivity index (χ2n) is 5.55. The van der Waals surface area contributed by atoms with Crippen LogP contribution in [0.25, 0.3) is 11.6 Å². The van der Waals surface area contributed by atoms with Crippen molar-refractivity contribution in [3.63, 3.8) is 0 Å². The minimum atomic E-state index is -0.350. The maximum absolute atomic E-state index is 13.1. The van der Waals surface area contributed by atoms with Crippen LogP contribution in [0.2, 0.25) is 5.02 Å². The van der Waals surface area contributed by atoms with Gasteiger partial charge >= 0.3 is 0 Å². The summed E-state index contributed by atoms with van der Waals surface area (Å²) in [4.78, 5) is 0. The van der Waals surface area contributed by atoms with Gasteiger partial charge in [-0.05, 0) is 54.8 Å². The average Bonchev–Trinajstić information content (AvgIpc) is 2.62. The highest BCUT2D eigenvalue weighted by Crippen LogP contribution is 2.38. The van der Waals surface area contributed by atoms with Crippen molar-refractivity contribution in [2.45, 2.75) is 26.4 Å². The summed E-state index contributed by atoms with van der Waals surface area (Å²) in [6.45, 7) is 3.97. The molecule has 0 heterocycles. The van der Waals surface area contributed by atoms with Crippen LogP contribution in [0.5, 0.6) is 11.5 Å². The first-order chi connectivity index (χ1) is 12.0. The van der Waals surface area contributed by atoms with Gasteiger partial charge in [0, 0.05) is 0 Å². The molecule has 25 heavy (non-hydrogen) atoms. The Morgan fingerprint density at radius 3 is 2.56 bits per heavy atom. The number of allylic oxidation sites excluding steroid dienone is 1. The molecule has 0 bridgehead atoms. The number of methoxy groups -OCH3 is 1. The van der Waals surface area contributed by atoms with Gasteiger partial charge < -0.3 is 9.47 Å². The summed E-state index contributed by atoms with van der Waals surface area (Å²) in [7, 11) is 1.54. The van der Waals surface area contributed by atoms with Gasteiger partial charge in [-0.25, -0.2) is 4.39 Å². The molecule has 0 aromatic heterocycles. The fourth-order valence-electron chi connectivity index (χ4n) is 2.20. The molecule has 0 radical (unpaired) electrons. The molecule has 130 valence electrons. The minimum absolute atomic E-state index is 0.00155. The summed E-state index contributed by atoms with van der Waals surface area (Å²) in [6, 6.07) is 11.3. The Morgan fingerprint density at radius 2 is 2.00 bits per heavy atom. The number of benzene rings is 2. The van der Waals surface area contributed by atoms with E-state index in [0.717, 1.165) is 6.42 Å². The molecule has 2 rings (SSSR count). The van der Waals surface area contributed by atoms with Crippen LogP contribution < -0.4 is 9.47 Å². The van der Waals surface area contributed by atoms with Crippen LogP contribution in [0.3, 0.4) is 0 Å². The third-order valence-electron chi connectivity index (χ3n) is 3.73. The maximum Gasteiger partial charge on any atom is 0.180 e. The van der Waals surface area contributed by atoms with E-state index in [4.69, 9.17) is 21.1 Å². The molecule has 0 saturated heterocycles. The Kier molecular flexibility index (Phi) is 6.44. The zero-order valence-corrected chi connectivity index (χ0v) is 15.1. The smallest absolute Gasteiger partial charge is 0.180 e. The Morgan fingerprint density at radius 1 is 1.32 bits per heavy atom. The molecule has 0 aliphatic carbocycles. The molecule has 0 amide bonds. The molecule has 0 spiro atoms. The summed E-state index contributed by atoms with van der Waals surface area (Å²) >= 11 is 6.34. The number of hydrogen-bond acceptors (Lipinski definition) is 3. The highest BCUT2D eigenvalue weighted by atomic mass is 35.5. The van der Waals surface area contributed by atoms with Gasteiger partial charge in [0.2, 0.25) is 0 Å². The molecule has 1 atom stereocenters. The topological polar surface area (TPSA) is 42.2 Å². The number of hydrogen-bond donors (Lipinski definition) is 0. The van der Waals surface area contributed by atoms with Crippen molar-refractivity contribution in [3.05, 3.63) is 58.4 Å². The summed E-state index contributed by atoms with van der Waals surface area (Å²) in [5.74, 6) is 0.628. The van der Waals surface area contributed by atoms with Crippen molar-refractivity contribution >= 4 is 23.3 Å². The van der Waals surface area contributed by atoms with Gasteiger partial charge in [0.1, 0.15) is 5.82 Å². The van der Waals surface area contributed by atoms with Gasteiger partial charge in [-0.1, -0.05) is 30.7 Å². The third-order valence-corrected chi connectivity index (χ3v) is 4.01. The Bertz CT molecular complexity index is 810. The molecule has 3 nitrogen and oxygen atoms in total. The lowest BCUT2D eigenvalue weighted by molar-refractivity contribution is 0.208. The summed E-state index contributed by atoms with van der Waals surface area (Å²) in [6.07, 6.45) is 2.51. The first kappa shape index (κ1) is 18.8. The monoisotopic (exact) mass is 359 g/mol. The Balaban J connectivity index is 2.43. The molecular weight excluding hydrogens is 341 g/mol. The third kappa shape index (κ3) is 4.74. The SMILES string of the molecule is CC[C@@H](C)Oc1c(Cl)cc(/C=C(\C#N)c2ccc(F)cc2)cc1OC. The van der Waals surface area contributed by atoms with E-state index in [-0.39, 0.29) is 11.9 Å². The van der Waals surface area contributed by atoms with Crippen LogP contribution in [-0.2, 0) is 0 Å². The van der Waals surface area contributed by atoms with Crippen molar-refractivity contribution in [2.24, 2.45) is 0 Å². The first-order valence-corrected chi connectivity index (χ1v) is 8.28. The van der Waals surface area contributed by atoms with Gasteiger partial charge in [-0.15, -0.1) is 0 Å². The van der Waals surface area contributed by atoms with Gasteiger partial charge in [0.05, 0.1) is 29.9 Å². The number of nitrogens with zero attached hydrogens (tertiary/aromatic N) is 1. The Hall–Kier alpha value is -2.51. The second kappa shape index (κ2) is 8.55. The fraction of sp³-hybridized carbons (Fsp3) is 0.250. The van der Waals surface area contributed by atoms with E-state index in [2.05, 4.69) is 6.07 Å². The van der Waals surface area contributed by atoms with Crippen LogP contribution in [0, 0.1) is 17.1 Å². The molecule has 5 heteroatoms. The van der Waals surface area contributed by atoms with E-state index in [9.17, 15) is 9.65 Å². The predicted molar refractivity (Wildman–Crippen MR) is 98.3 cm³/mol. The number of halogens is 2. The van der Waals surface area contributed by atoms with E-state index < -0.39 is 0 Å². The van der Waals surface area contributed by atoms with Gasteiger partial charge in [0.25, 0.3) is 0 Å². The second-order valence-corrected chi connectivity index (χ2v) is 5.95. The van der Waals surface area contributed by atoms with Crippen molar-refractivity contribution in [1.82, 2.24) is 0 Å². The largest absolute Gasteiger partial charge is 0.493 e. The first-order valence-electron chi connectivity index (χ1n) is 7.90. The fourth-order valence-corrected chi connectivity index (χ4v) is 2.46. The molecule has 0 fully saturated rings. The quantitative estimate of drug-likeness (QED) is 0.488. The van der Waals surface area contributed by atoms with Crippen molar-refractivity contribution in [1.29, 1.82) is 5.26 Å². The van der Waals surface area contributed by atoms with Crippen LogP contribution in [0.1, 0.15) is 31.4 Å². The highest BCUT2D eigenvalue weighted by molar-refractivity contribution is 6.32. The molecule has 0 aliphatic heterocycles. The summed E-state index contributed by atoms with van der Waals surface area (Å²) in [5, 5.41) is 9.82. The molecule has 2 aromatic carbocycles. The average molecular weight is 360 g/mol. The van der Waals surface area contributed by atoms with E-state index >= 15 is 0 Å². The zero-order chi connectivity index (χ0) is 18.4. The molecule has 0 saturated carbocycles. The van der Waals surface area contributed by atoms with E-state index in [1.54, 1.807) is 30.3 Å². The van der Waals surface area contributed by atoms with Crippen LogP contribution in [-0.4, -0.2) is 13.2 Å². The van der Waals surface area contributed by atoms with Gasteiger partial charge in [0.15, 0.2) is 11.5 Å². The zero-order valence-electron chi connectivity index (χ0n) is 14.3. The van der Waals surface area contributed by atoms with Crippen molar-refractivity contribution in [2.75, 3.05) is 7.11 Å². The van der Waals surface area contributed by atoms with Crippen LogP contribution in [0.4, 0.5) is 4.39 Å².